The summed E-state index contributed by atoms with van der Waals surface area (Å²) in [5.41, 5.74) is 1.89. The van der Waals surface area contributed by atoms with E-state index in [0.717, 1.165) is 4.73 Å². The van der Waals surface area contributed by atoms with E-state index in [1.807, 2.05) is 13.8 Å². The van der Waals surface area contributed by atoms with E-state index in [2.05, 4.69) is 15.1 Å². The van der Waals surface area contributed by atoms with Crippen molar-refractivity contribution in [3.8, 4) is 11.3 Å². The molecule has 3 aromatic rings. The van der Waals surface area contributed by atoms with E-state index in [1.54, 1.807) is 25.4 Å². The molecule has 0 bridgehead atoms. The lowest BCUT2D eigenvalue weighted by atomic mass is 10.1. The third-order valence-corrected chi connectivity index (χ3v) is 4.11. The molecule has 0 aliphatic heterocycles. The number of rotatable bonds is 6. The summed E-state index contributed by atoms with van der Waals surface area (Å²) in [5.74, 6) is 0.00624. The molecule has 146 valence electrons. The van der Waals surface area contributed by atoms with Crippen LogP contribution in [0.2, 0.25) is 0 Å². The van der Waals surface area contributed by atoms with Gasteiger partial charge in [-0.3, -0.25) is 19.3 Å². The first kappa shape index (κ1) is 19.4. The average Bonchev–Trinajstić information content (AvgIpc) is 3.00. The van der Waals surface area contributed by atoms with Crippen LogP contribution >= 0.6 is 0 Å². The van der Waals surface area contributed by atoms with Gasteiger partial charge in [0.05, 0.1) is 29.6 Å². The van der Waals surface area contributed by atoms with E-state index in [9.17, 15) is 14.8 Å². The third-order valence-electron chi connectivity index (χ3n) is 4.11. The maximum atomic E-state index is 12.1. The highest BCUT2D eigenvalue weighted by molar-refractivity contribution is 6.05. The molecule has 0 spiro atoms. The molecule has 3 heterocycles. The van der Waals surface area contributed by atoms with Gasteiger partial charge in [0.1, 0.15) is 18.4 Å². The largest absolute Gasteiger partial charge is 0.464 e. The minimum absolute atomic E-state index is 0.111. The van der Waals surface area contributed by atoms with Crippen molar-refractivity contribution in [2.45, 2.75) is 34.2 Å². The molecule has 9 heteroatoms. The van der Waals surface area contributed by atoms with E-state index in [4.69, 9.17) is 4.74 Å². The van der Waals surface area contributed by atoms with E-state index >= 15 is 0 Å². The lowest BCUT2D eigenvalue weighted by Gasteiger charge is -2.07. The number of hydrogen-bond acceptors (Lipinski definition) is 7. The first-order valence-electron chi connectivity index (χ1n) is 8.87. The summed E-state index contributed by atoms with van der Waals surface area (Å²) in [4.78, 5) is 32.6. The van der Waals surface area contributed by atoms with Gasteiger partial charge in [-0.05, 0) is 12.0 Å². The van der Waals surface area contributed by atoms with Gasteiger partial charge in [-0.1, -0.05) is 23.6 Å². The van der Waals surface area contributed by atoms with Gasteiger partial charge < -0.3 is 9.94 Å². The van der Waals surface area contributed by atoms with Crippen LogP contribution in [-0.2, 0) is 16.1 Å². The highest BCUT2D eigenvalue weighted by Crippen LogP contribution is 2.24. The van der Waals surface area contributed by atoms with Gasteiger partial charge >= 0.3 is 11.8 Å². The second-order valence-electron chi connectivity index (χ2n) is 6.96. The summed E-state index contributed by atoms with van der Waals surface area (Å²) >= 11 is 0. The SMILES string of the molecule is CC(=O)c1nn(CC(=O)OCC(C)C)c2cnc(-c3cnc(C)[n+](O)c3)cc12. The number of nitrogens with zero attached hydrogens (tertiary/aromatic N) is 5. The fraction of sp³-hybridized carbons (Fsp3) is 0.368. The number of carbonyl (C=O) groups excluding carboxylic acids is 2. The van der Waals surface area contributed by atoms with Crippen molar-refractivity contribution in [3.05, 3.63) is 36.2 Å². The molecule has 28 heavy (non-hydrogen) atoms. The van der Waals surface area contributed by atoms with Gasteiger partial charge in [0.15, 0.2) is 12.0 Å². The van der Waals surface area contributed by atoms with Crippen molar-refractivity contribution in [3.63, 3.8) is 0 Å². The summed E-state index contributed by atoms with van der Waals surface area (Å²) in [6.07, 6.45) is 4.61. The lowest BCUT2D eigenvalue weighted by Crippen LogP contribution is -2.34. The van der Waals surface area contributed by atoms with Crippen molar-refractivity contribution < 1.29 is 24.3 Å². The minimum Gasteiger partial charge on any atom is -0.464 e. The molecule has 0 aliphatic carbocycles. The van der Waals surface area contributed by atoms with Crippen LogP contribution in [0.15, 0.2) is 24.7 Å². The van der Waals surface area contributed by atoms with Crippen LogP contribution in [0.3, 0.4) is 0 Å². The van der Waals surface area contributed by atoms with E-state index < -0.39 is 5.97 Å². The van der Waals surface area contributed by atoms with Crippen LogP contribution in [0, 0.1) is 12.8 Å². The van der Waals surface area contributed by atoms with Crippen molar-refractivity contribution in [1.29, 1.82) is 0 Å². The number of carbonyl (C=O) groups is 2. The van der Waals surface area contributed by atoms with Crippen LogP contribution in [-0.4, -0.2) is 43.3 Å². The second kappa shape index (κ2) is 7.71. The predicted octanol–water partition coefficient (Wildman–Crippen LogP) is 1.73. The molecule has 0 unspecified atom stereocenters. The zero-order valence-electron chi connectivity index (χ0n) is 16.2. The van der Waals surface area contributed by atoms with Crippen LogP contribution in [0.4, 0.5) is 0 Å². The zero-order valence-corrected chi connectivity index (χ0v) is 16.2. The number of esters is 1. The Hall–Kier alpha value is -3.36. The number of hydrogen-bond donors (Lipinski definition) is 1. The first-order chi connectivity index (χ1) is 13.3. The maximum Gasteiger partial charge on any atom is 0.333 e. The summed E-state index contributed by atoms with van der Waals surface area (Å²) in [5, 5.41) is 14.7. The number of aromatic nitrogens is 5. The molecule has 0 aliphatic rings. The maximum absolute atomic E-state index is 12.1. The Morgan fingerprint density at radius 1 is 1.29 bits per heavy atom. The van der Waals surface area contributed by atoms with Crippen molar-refractivity contribution in [1.82, 2.24) is 19.7 Å². The molecule has 1 N–H and O–H groups in total. The van der Waals surface area contributed by atoms with Crippen LogP contribution < -0.4 is 4.73 Å². The Bertz CT molecular complexity index is 1060. The van der Waals surface area contributed by atoms with Gasteiger partial charge in [0.25, 0.3) is 0 Å². The number of pyridine rings is 1. The number of ether oxygens (including phenoxy) is 1. The van der Waals surface area contributed by atoms with Crippen LogP contribution in [0.5, 0.6) is 0 Å². The first-order valence-corrected chi connectivity index (χ1v) is 8.87. The zero-order chi connectivity index (χ0) is 20.4. The average molecular weight is 384 g/mol. The molecule has 9 nitrogen and oxygen atoms in total. The molecule has 0 atom stereocenters. The topological polar surface area (TPSA) is 111 Å². The molecular formula is C19H22N5O4+. The van der Waals surface area contributed by atoms with E-state index in [-0.39, 0.29) is 23.9 Å². The van der Waals surface area contributed by atoms with Gasteiger partial charge in [0.2, 0.25) is 0 Å². The molecule has 3 aromatic heterocycles. The molecule has 0 fully saturated rings. The van der Waals surface area contributed by atoms with E-state index in [0.29, 0.717) is 34.6 Å². The van der Waals surface area contributed by atoms with Crippen LogP contribution in [0.1, 0.15) is 37.1 Å². The number of Topliss-reactive ketones (excluding diaryl/α,β-unsaturated/α-hetero) is 1. The highest BCUT2D eigenvalue weighted by atomic mass is 16.5. The van der Waals surface area contributed by atoms with Gasteiger partial charge in [-0.15, -0.1) is 0 Å². The molecule has 0 saturated carbocycles. The standard InChI is InChI=1S/C19H22N5O4/c1-11(2)10-28-18(26)9-23-17-7-21-16(5-15(17)19(22-23)12(3)25)14-6-20-13(4)24(27)8-14/h5-8,11,27H,9-10H2,1-4H3/q+1. The van der Waals surface area contributed by atoms with Gasteiger partial charge in [-0.25, -0.2) is 0 Å². The Kier molecular flexibility index (Phi) is 5.34. The molecule has 0 aromatic carbocycles. The minimum atomic E-state index is -0.429. The van der Waals surface area contributed by atoms with Crippen molar-refractivity contribution >= 4 is 22.7 Å². The predicted molar refractivity (Wildman–Crippen MR) is 98.7 cm³/mol. The summed E-state index contributed by atoms with van der Waals surface area (Å²) in [7, 11) is 0. The molecule has 0 radical (unpaired) electrons. The quantitative estimate of drug-likeness (QED) is 0.298. The third kappa shape index (κ3) is 3.98. The monoisotopic (exact) mass is 384 g/mol. The Morgan fingerprint density at radius 2 is 2.04 bits per heavy atom. The van der Waals surface area contributed by atoms with Gasteiger partial charge in [0, 0.05) is 19.2 Å². The molecule has 0 amide bonds. The van der Waals surface area contributed by atoms with Crippen LogP contribution in [0.25, 0.3) is 22.2 Å². The lowest BCUT2D eigenvalue weighted by molar-refractivity contribution is -0.910. The smallest absolute Gasteiger partial charge is 0.333 e. The second-order valence-corrected chi connectivity index (χ2v) is 6.96. The highest BCUT2D eigenvalue weighted by Gasteiger charge is 2.19. The Morgan fingerprint density at radius 3 is 2.68 bits per heavy atom. The normalized spacial score (nSPS) is 11.2. The fourth-order valence-corrected chi connectivity index (χ4v) is 2.65. The number of fused-ring (bicyclic) bond motifs is 1. The number of aryl methyl sites for hydroxylation is 1. The summed E-state index contributed by atoms with van der Waals surface area (Å²) < 4.78 is 7.53. The summed E-state index contributed by atoms with van der Waals surface area (Å²) in [6, 6.07) is 1.70. The Labute approximate surface area is 161 Å². The van der Waals surface area contributed by atoms with Crippen molar-refractivity contribution in [2.24, 2.45) is 5.92 Å². The van der Waals surface area contributed by atoms with E-state index in [1.165, 1.54) is 17.8 Å². The number of ketones is 1. The summed E-state index contributed by atoms with van der Waals surface area (Å²) in [6.45, 7) is 7.19. The fourth-order valence-electron chi connectivity index (χ4n) is 2.65. The van der Waals surface area contributed by atoms with Gasteiger partial charge in [-0.2, -0.15) is 5.10 Å². The molecular weight excluding hydrogens is 362 g/mol. The molecule has 0 saturated heterocycles. The molecule has 3 rings (SSSR count). The van der Waals surface area contributed by atoms with Crippen molar-refractivity contribution in [2.75, 3.05) is 6.61 Å². The Balaban J connectivity index is 2.00.